The van der Waals surface area contributed by atoms with E-state index in [1.54, 1.807) is 36.2 Å². The molecule has 1 saturated heterocycles. The van der Waals surface area contributed by atoms with E-state index in [-0.39, 0.29) is 5.91 Å². The Kier molecular flexibility index (Phi) is 3.71. The van der Waals surface area contributed by atoms with Gasteiger partial charge in [0, 0.05) is 25.8 Å². The first-order valence-corrected chi connectivity index (χ1v) is 6.06. The van der Waals surface area contributed by atoms with Gasteiger partial charge in [0.2, 0.25) is 5.91 Å². The Morgan fingerprint density at radius 2 is 1.95 bits per heavy atom. The molecule has 0 aromatic heterocycles. The number of rotatable bonds is 3. The second-order valence-electron chi connectivity index (χ2n) is 4.64. The molecule has 102 valence electrons. The van der Waals surface area contributed by atoms with E-state index in [0.29, 0.717) is 18.7 Å². The SMILES string of the molecule is CN1CCN(c2ccc(C(N)C(=O)O)cc2)CC1=O. The number of nitrogens with two attached hydrogens (primary N) is 1. The van der Waals surface area contributed by atoms with Gasteiger partial charge in [-0.1, -0.05) is 12.1 Å². The van der Waals surface area contributed by atoms with E-state index in [1.165, 1.54) is 0 Å². The summed E-state index contributed by atoms with van der Waals surface area (Å²) in [5.41, 5.74) is 6.99. The predicted molar refractivity (Wildman–Crippen MR) is 70.9 cm³/mol. The number of aliphatic carboxylic acids is 1. The monoisotopic (exact) mass is 263 g/mol. The average molecular weight is 263 g/mol. The molecule has 0 aliphatic carbocycles. The number of benzene rings is 1. The van der Waals surface area contributed by atoms with Crippen molar-refractivity contribution in [1.29, 1.82) is 0 Å². The lowest BCUT2D eigenvalue weighted by Crippen LogP contribution is -2.48. The lowest BCUT2D eigenvalue weighted by molar-refractivity contribution is -0.138. The standard InChI is InChI=1S/C13H17N3O3/c1-15-6-7-16(8-11(15)17)10-4-2-9(3-5-10)12(14)13(18)19/h2-5,12H,6-8,14H2,1H3,(H,18,19). The number of nitrogens with zero attached hydrogens (tertiary/aromatic N) is 2. The molecule has 0 radical (unpaired) electrons. The highest BCUT2D eigenvalue weighted by Crippen LogP contribution is 2.19. The molecule has 1 aliphatic heterocycles. The van der Waals surface area contributed by atoms with Crippen LogP contribution in [0.25, 0.3) is 0 Å². The smallest absolute Gasteiger partial charge is 0.325 e. The van der Waals surface area contributed by atoms with Crippen molar-refractivity contribution in [2.45, 2.75) is 6.04 Å². The molecule has 6 nitrogen and oxygen atoms in total. The second-order valence-corrected chi connectivity index (χ2v) is 4.64. The minimum Gasteiger partial charge on any atom is -0.480 e. The van der Waals surface area contributed by atoms with Crippen LogP contribution >= 0.6 is 0 Å². The highest BCUT2D eigenvalue weighted by atomic mass is 16.4. The Balaban J connectivity index is 2.10. The van der Waals surface area contributed by atoms with Crippen LogP contribution in [0.2, 0.25) is 0 Å². The number of anilines is 1. The first-order chi connectivity index (χ1) is 8.99. The molecule has 1 heterocycles. The topological polar surface area (TPSA) is 86.9 Å². The van der Waals surface area contributed by atoms with Gasteiger partial charge in [0.1, 0.15) is 6.04 Å². The maximum absolute atomic E-state index is 11.6. The molecule has 0 bridgehead atoms. The molecule has 1 aromatic carbocycles. The quantitative estimate of drug-likeness (QED) is 0.804. The van der Waals surface area contributed by atoms with Crippen molar-refractivity contribution in [3.8, 4) is 0 Å². The van der Waals surface area contributed by atoms with Gasteiger partial charge in [-0.3, -0.25) is 9.59 Å². The maximum Gasteiger partial charge on any atom is 0.325 e. The van der Waals surface area contributed by atoms with E-state index in [4.69, 9.17) is 10.8 Å². The molecule has 1 aliphatic rings. The molecule has 2 rings (SSSR count). The number of piperazine rings is 1. The fourth-order valence-electron chi connectivity index (χ4n) is 2.01. The van der Waals surface area contributed by atoms with Crippen molar-refractivity contribution in [3.05, 3.63) is 29.8 Å². The lowest BCUT2D eigenvalue weighted by atomic mass is 10.1. The molecule has 1 amide bonds. The number of carbonyl (C=O) groups excluding carboxylic acids is 1. The van der Waals surface area contributed by atoms with Gasteiger partial charge in [0.15, 0.2) is 0 Å². The number of hydrogen-bond acceptors (Lipinski definition) is 4. The van der Waals surface area contributed by atoms with E-state index in [1.807, 2.05) is 4.90 Å². The summed E-state index contributed by atoms with van der Waals surface area (Å²) in [5, 5.41) is 8.83. The lowest BCUT2D eigenvalue weighted by Gasteiger charge is -2.33. The normalized spacial score (nSPS) is 17.5. The summed E-state index contributed by atoms with van der Waals surface area (Å²) in [4.78, 5) is 26.1. The fraction of sp³-hybridized carbons (Fsp3) is 0.385. The Morgan fingerprint density at radius 3 is 2.47 bits per heavy atom. The minimum absolute atomic E-state index is 0.0811. The van der Waals surface area contributed by atoms with Crippen molar-refractivity contribution in [3.63, 3.8) is 0 Å². The van der Waals surface area contributed by atoms with Gasteiger partial charge in [0.25, 0.3) is 0 Å². The van der Waals surface area contributed by atoms with Crippen molar-refractivity contribution >= 4 is 17.6 Å². The molecule has 0 saturated carbocycles. The number of carboxylic acids is 1. The average Bonchev–Trinajstić information content (AvgIpc) is 2.41. The molecule has 19 heavy (non-hydrogen) atoms. The van der Waals surface area contributed by atoms with Crippen LogP contribution in [0.4, 0.5) is 5.69 Å². The summed E-state index contributed by atoms with van der Waals surface area (Å²) >= 11 is 0. The van der Waals surface area contributed by atoms with Gasteiger partial charge in [0.05, 0.1) is 6.54 Å². The molecule has 3 N–H and O–H groups in total. The second kappa shape index (κ2) is 5.27. The number of carbonyl (C=O) groups is 2. The van der Waals surface area contributed by atoms with Crippen molar-refractivity contribution in [2.24, 2.45) is 5.73 Å². The number of likely N-dealkylation sites (N-methyl/N-ethyl adjacent to an activating group) is 1. The van der Waals surface area contributed by atoms with Gasteiger partial charge < -0.3 is 20.6 Å². The highest BCUT2D eigenvalue weighted by molar-refractivity contribution is 5.82. The Hall–Kier alpha value is -2.08. The zero-order chi connectivity index (χ0) is 14.0. The van der Waals surface area contributed by atoms with Crippen LogP contribution in [0.1, 0.15) is 11.6 Å². The fourth-order valence-corrected chi connectivity index (χ4v) is 2.01. The Morgan fingerprint density at radius 1 is 1.32 bits per heavy atom. The number of carboxylic acid groups (broad SMARTS) is 1. The minimum atomic E-state index is -1.05. The number of hydrogen-bond donors (Lipinski definition) is 2. The third-order valence-electron chi connectivity index (χ3n) is 3.34. The van der Waals surface area contributed by atoms with E-state index >= 15 is 0 Å². The predicted octanol–water partition coefficient (Wildman–Crippen LogP) is 0.0494. The van der Waals surface area contributed by atoms with Crippen LogP contribution in [-0.4, -0.2) is 48.6 Å². The van der Waals surface area contributed by atoms with Crippen LogP contribution in [0.15, 0.2) is 24.3 Å². The molecule has 1 unspecified atom stereocenters. The Labute approximate surface area is 111 Å². The van der Waals surface area contributed by atoms with Crippen LogP contribution in [0.5, 0.6) is 0 Å². The molecule has 1 fully saturated rings. The molecule has 0 spiro atoms. The maximum atomic E-state index is 11.6. The van der Waals surface area contributed by atoms with Crippen LogP contribution in [0, 0.1) is 0 Å². The van der Waals surface area contributed by atoms with E-state index in [0.717, 1.165) is 12.2 Å². The molecule has 6 heteroatoms. The summed E-state index contributed by atoms with van der Waals surface area (Å²) in [7, 11) is 1.79. The third-order valence-corrected chi connectivity index (χ3v) is 3.34. The molecule has 1 aromatic rings. The van der Waals surface area contributed by atoms with Gasteiger partial charge in [-0.2, -0.15) is 0 Å². The Bertz CT molecular complexity index is 486. The molecular formula is C13H17N3O3. The number of amides is 1. The summed E-state index contributed by atoms with van der Waals surface area (Å²) in [6.07, 6.45) is 0. The van der Waals surface area contributed by atoms with Crippen LogP contribution in [0.3, 0.4) is 0 Å². The van der Waals surface area contributed by atoms with Crippen LogP contribution in [-0.2, 0) is 9.59 Å². The zero-order valence-electron chi connectivity index (χ0n) is 10.7. The first kappa shape index (κ1) is 13.4. The summed E-state index contributed by atoms with van der Waals surface area (Å²) in [6.45, 7) is 1.81. The summed E-state index contributed by atoms with van der Waals surface area (Å²) in [6, 6.07) is 5.98. The summed E-state index contributed by atoms with van der Waals surface area (Å²) in [5.74, 6) is -0.972. The summed E-state index contributed by atoms with van der Waals surface area (Å²) < 4.78 is 0. The zero-order valence-corrected chi connectivity index (χ0v) is 10.7. The van der Waals surface area contributed by atoms with E-state index in [2.05, 4.69) is 0 Å². The highest BCUT2D eigenvalue weighted by Gasteiger charge is 2.21. The third kappa shape index (κ3) is 2.85. The molecule has 1 atom stereocenters. The van der Waals surface area contributed by atoms with Crippen molar-refractivity contribution in [1.82, 2.24) is 4.90 Å². The van der Waals surface area contributed by atoms with E-state index in [9.17, 15) is 9.59 Å². The van der Waals surface area contributed by atoms with Gasteiger partial charge in [-0.25, -0.2) is 0 Å². The van der Waals surface area contributed by atoms with Gasteiger partial charge in [-0.05, 0) is 17.7 Å². The molecular weight excluding hydrogens is 246 g/mol. The largest absolute Gasteiger partial charge is 0.480 e. The van der Waals surface area contributed by atoms with Crippen molar-refractivity contribution < 1.29 is 14.7 Å². The van der Waals surface area contributed by atoms with Crippen LogP contribution < -0.4 is 10.6 Å². The van der Waals surface area contributed by atoms with E-state index < -0.39 is 12.0 Å². The van der Waals surface area contributed by atoms with Gasteiger partial charge >= 0.3 is 5.97 Å². The first-order valence-electron chi connectivity index (χ1n) is 6.06. The van der Waals surface area contributed by atoms with Gasteiger partial charge in [-0.15, -0.1) is 0 Å². The van der Waals surface area contributed by atoms with Crippen molar-refractivity contribution in [2.75, 3.05) is 31.6 Å².